The first kappa shape index (κ1) is 15.2. The Morgan fingerprint density at radius 1 is 0.938 bits per heavy atom. The second-order valence-corrected chi connectivity index (χ2v) is 4.48. The van der Waals surface area contributed by atoms with Crippen LogP contribution in [-0.4, -0.2) is 0 Å². The molecule has 0 aliphatic carbocycles. The average molecular weight is 224 g/mol. The standard InChI is InChI=1S/C13H19F.C2H6/c1-8(2)11-6-7-12(14)13(9(3)4)10(11)5;1-2/h6-9H,1-5H3;1-2H3. The van der Waals surface area contributed by atoms with Crippen LogP contribution in [0.2, 0.25) is 0 Å². The molecule has 1 heteroatoms. The fourth-order valence-corrected chi connectivity index (χ4v) is 2.05. The molecule has 1 aromatic rings. The van der Waals surface area contributed by atoms with Crippen molar-refractivity contribution in [3.8, 4) is 0 Å². The van der Waals surface area contributed by atoms with E-state index in [9.17, 15) is 4.39 Å². The number of hydrogen-bond acceptors (Lipinski definition) is 0. The van der Waals surface area contributed by atoms with Gasteiger partial charge in [-0.25, -0.2) is 4.39 Å². The van der Waals surface area contributed by atoms with Crippen LogP contribution in [0.5, 0.6) is 0 Å². The van der Waals surface area contributed by atoms with Crippen molar-refractivity contribution in [2.24, 2.45) is 0 Å². The van der Waals surface area contributed by atoms with Gasteiger partial charge >= 0.3 is 0 Å². The van der Waals surface area contributed by atoms with Gasteiger partial charge in [0, 0.05) is 0 Å². The van der Waals surface area contributed by atoms with E-state index in [2.05, 4.69) is 13.8 Å². The van der Waals surface area contributed by atoms with Crippen LogP contribution < -0.4 is 0 Å². The molecule has 0 radical (unpaired) electrons. The van der Waals surface area contributed by atoms with Crippen molar-refractivity contribution in [2.45, 2.75) is 60.3 Å². The van der Waals surface area contributed by atoms with Crippen LogP contribution in [0.3, 0.4) is 0 Å². The summed E-state index contributed by atoms with van der Waals surface area (Å²) in [6, 6.07) is 3.50. The first-order valence-corrected chi connectivity index (χ1v) is 6.24. The molecule has 0 aromatic heterocycles. The van der Waals surface area contributed by atoms with Gasteiger partial charge in [-0.3, -0.25) is 0 Å². The lowest BCUT2D eigenvalue weighted by Crippen LogP contribution is -2.02. The second kappa shape index (κ2) is 6.67. The van der Waals surface area contributed by atoms with Crippen LogP contribution in [0.4, 0.5) is 4.39 Å². The zero-order valence-electron chi connectivity index (χ0n) is 11.7. The molecule has 0 atom stereocenters. The number of benzene rings is 1. The van der Waals surface area contributed by atoms with E-state index in [1.165, 1.54) is 5.56 Å². The topological polar surface area (TPSA) is 0 Å². The molecule has 0 nitrogen and oxygen atoms in total. The lowest BCUT2D eigenvalue weighted by Gasteiger charge is -2.17. The molecule has 0 fully saturated rings. The van der Waals surface area contributed by atoms with Crippen LogP contribution in [0, 0.1) is 12.7 Å². The molecule has 92 valence electrons. The quantitative estimate of drug-likeness (QED) is 0.630. The van der Waals surface area contributed by atoms with Crippen molar-refractivity contribution in [1.82, 2.24) is 0 Å². The van der Waals surface area contributed by atoms with Crippen molar-refractivity contribution in [3.63, 3.8) is 0 Å². The van der Waals surface area contributed by atoms with Gasteiger partial charge in [-0.1, -0.05) is 47.6 Å². The van der Waals surface area contributed by atoms with Crippen LogP contribution in [-0.2, 0) is 0 Å². The summed E-state index contributed by atoms with van der Waals surface area (Å²) in [4.78, 5) is 0. The molecule has 0 aliphatic rings. The summed E-state index contributed by atoms with van der Waals surface area (Å²) in [7, 11) is 0. The number of hydrogen-bond donors (Lipinski definition) is 0. The summed E-state index contributed by atoms with van der Waals surface area (Å²) in [5.41, 5.74) is 3.25. The van der Waals surface area contributed by atoms with Crippen molar-refractivity contribution in [3.05, 3.63) is 34.6 Å². The van der Waals surface area contributed by atoms with E-state index in [1.54, 1.807) is 6.07 Å². The highest BCUT2D eigenvalue weighted by Gasteiger charge is 2.14. The maximum Gasteiger partial charge on any atom is 0.126 e. The Hall–Kier alpha value is -0.850. The van der Waals surface area contributed by atoms with Crippen molar-refractivity contribution < 1.29 is 4.39 Å². The van der Waals surface area contributed by atoms with Gasteiger partial charge < -0.3 is 0 Å². The highest BCUT2D eigenvalue weighted by molar-refractivity contribution is 5.38. The fraction of sp³-hybridized carbons (Fsp3) is 0.600. The zero-order valence-corrected chi connectivity index (χ0v) is 11.7. The van der Waals surface area contributed by atoms with E-state index in [1.807, 2.05) is 40.7 Å². The van der Waals surface area contributed by atoms with Gasteiger partial charge in [-0.15, -0.1) is 0 Å². The third-order valence-electron chi connectivity index (χ3n) is 2.70. The Morgan fingerprint density at radius 2 is 1.44 bits per heavy atom. The average Bonchev–Trinajstić information content (AvgIpc) is 2.19. The highest BCUT2D eigenvalue weighted by atomic mass is 19.1. The Bertz CT molecular complexity index is 324. The Balaban J connectivity index is 0.00000106. The van der Waals surface area contributed by atoms with Gasteiger partial charge in [-0.2, -0.15) is 0 Å². The van der Waals surface area contributed by atoms with Gasteiger partial charge in [0.2, 0.25) is 0 Å². The molecule has 0 saturated heterocycles. The molecular weight excluding hydrogens is 199 g/mol. The number of halogens is 1. The Labute approximate surface area is 99.9 Å². The monoisotopic (exact) mass is 224 g/mol. The molecule has 16 heavy (non-hydrogen) atoms. The fourth-order valence-electron chi connectivity index (χ4n) is 2.05. The minimum absolute atomic E-state index is 0.0677. The van der Waals surface area contributed by atoms with Gasteiger partial charge in [0.15, 0.2) is 0 Å². The summed E-state index contributed by atoms with van der Waals surface area (Å²) in [5, 5.41) is 0. The highest BCUT2D eigenvalue weighted by Crippen LogP contribution is 2.28. The van der Waals surface area contributed by atoms with Gasteiger partial charge in [0.05, 0.1) is 0 Å². The molecule has 0 bridgehead atoms. The van der Waals surface area contributed by atoms with E-state index >= 15 is 0 Å². The van der Waals surface area contributed by atoms with E-state index in [0.29, 0.717) is 5.92 Å². The summed E-state index contributed by atoms with van der Waals surface area (Å²) in [5.74, 6) is 0.656. The molecule has 0 spiro atoms. The third-order valence-corrected chi connectivity index (χ3v) is 2.70. The van der Waals surface area contributed by atoms with Crippen LogP contribution in [0.1, 0.15) is 70.1 Å². The van der Waals surface area contributed by atoms with E-state index in [0.717, 1.165) is 11.1 Å². The SMILES string of the molecule is CC.Cc1c(C(C)C)ccc(F)c1C(C)C. The van der Waals surface area contributed by atoms with Gasteiger partial charge in [-0.05, 0) is 41.5 Å². The number of rotatable bonds is 2. The normalized spacial score (nSPS) is 10.4. The lowest BCUT2D eigenvalue weighted by atomic mass is 9.89. The maximum atomic E-state index is 13.5. The zero-order chi connectivity index (χ0) is 12.9. The molecule has 0 heterocycles. The van der Waals surface area contributed by atoms with Crippen molar-refractivity contribution >= 4 is 0 Å². The largest absolute Gasteiger partial charge is 0.207 e. The van der Waals surface area contributed by atoms with E-state index < -0.39 is 0 Å². The molecule has 1 rings (SSSR count). The summed E-state index contributed by atoms with van der Waals surface area (Å²) < 4.78 is 13.5. The van der Waals surface area contributed by atoms with Crippen LogP contribution >= 0.6 is 0 Å². The first-order valence-electron chi connectivity index (χ1n) is 6.24. The van der Waals surface area contributed by atoms with Gasteiger partial charge in [0.1, 0.15) is 5.82 Å². The molecular formula is C15H25F. The second-order valence-electron chi connectivity index (χ2n) is 4.48. The van der Waals surface area contributed by atoms with Crippen molar-refractivity contribution in [2.75, 3.05) is 0 Å². The minimum atomic E-state index is -0.0677. The molecule has 0 N–H and O–H groups in total. The smallest absolute Gasteiger partial charge is 0.126 e. The van der Waals surface area contributed by atoms with Gasteiger partial charge in [0.25, 0.3) is 0 Å². The lowest BCUT2D eigenvalue weighted by molar-refractivity contribution is 0.593. The van der Waals surface area contributed by atoms with Crippen molar-refractivity contribution in [1.29, 1.82) is 0 Å². The molecule has 0 amide bonds. The van der Waals surface area contributed by atoms with Crippen LogP contribution in [0.25, 0.3) is 0 Å². The molecule has 0 aliphatic heterocycles. The predicted octanol–water partition coefficient (Wildman–Crippen LogP) is 5.41. The summed E-state index contributed by atoms with van der Waals surface area (Å²) >= 11 is 0. The summed E-state index contributed by atoms with van der Waals surface area (Å²) in [6.07, 6.45) is 0. The molecule has 0 saturated carbocycles. The molecule has 1 aromatic carbocycles. The van der Waals surface area contributed by atoms with E-state index in [4.69, 9.17) is 0 Å². The Morgan fingerprint density at radius 3 is 1.81 bits per heavy atom. The van der Waals surface area contributed by atoms with Crippen LogP contribution in [0.15, 0.2) is 12.1 Å². The minimum Gasteiger partial charge on any atom is -0.207 e. The Kier molecular flexibility index (Phi) is 6.32. The third kappa shape index (κ3) is 3.33. The maximum absolute atomic E-state index is 13.5. The first-order chi connectivity index (χ1) is 7.45. The van der Waals surface area contributed by atoms with E-state index in [-0.39, 0.29) is 11.7 Å². The predicted molar refractivity (Wildman–Crippen MR) is 70.7 cm³/mol. The molecule has 0 unspecified atom stereocenters. The summed E-state index contributed by atoms with van der Waals surface area (Å²) in [6.45, 7) is 14.4.